The average Bonchev–Trinajstić information content (AvgIpc) is 3.07. The Kier molecular flexibility index (Phi) is 7.04. The Morgan fingerprint density at radius 3 is 3.00 bits per heavy atom. The molecule has 0 aliphatic carbocycles. The second kappa shape index (κ2) is 9.26. The van der Waals surface area contributed by atoms with Crippen molar-refractivity contribution in [1.29, 1.82) is 0 Å². The maximum absolute atomic E-state index is 12.0. The Morgan fingerprint density at radius 2 is 2.25 bits per heavy atom. The van der Waals surface area contributed by atoms with Gasteiger partial charge in [-0.25, -0.2) is 0 Å². The summed E-state index contributed by atoms with van der Waals surface area (Å²) in [6.07, 6.45) is 4.49. The molecule has 0 spiro atoms. The lowest BCUT2D eigenvalue weighted by atomic mass is 10.2. The molecule has 3 N–H and O–H groups in total. The molecule has 7 nitrogen and oxygen atoms in total. The highest BCUT2D eigenvalue weighted by molar-refractivity contribution is 14.0. The Bertz CT molecular complexity index is 686. The van der Waals surface area contributed by atoms with E-state index in [1.807, 2.05) is 24.3 Å². The van der Waals surface area contributed by atoms with Crippen LogP contribution < -0.4 is 16.0 Å². The molecule has 0 saturated carbocycles. The molecule has 1 aliphatic rings. The summed E-state index contributed by atoms with van der Waals surface area (Å²) in [4.78, 5) is 16.4. The number of carbonyl (C=O) groups excluding carboxylic acids is 1. The number of benzene rings is 1. The number of anilines is 1. The van der Waals surface area contributed by atoms with Gasteiger partial charge in [0.1, 0.15) is 6.54 Å². The van der Waals surface area contributed by atoms with Gasteiger partial charge in [-0.15, -0.1) is 24.0 Å². The van der Waals surface area contributed by atoms with Gasteiger partial charge >= 0.3 is 0 Å². The van der Waals surface area contributed by atoms with Crippen LogP contribution in [0.15, 0.2) is 47.7 Å². The third kappa shape index (κ3) is 5.52. The maximum atomic E-state index is 12.0. The van der Waals surface area contributed by atoms with E-state index in [-0.39, 0.29) is 36.4 Å². The first-order chi connectivity index (χ1) is 11.3. The molecule has 8 heteroatoms. The van der Waals surface area contributed by atoms with Crippen molar-refractivity contribution < 1.29 is 4.79 Å². The van der Waals surface area contributed by atoms with E-state index in [2.05, 4.69) is 26.0 Å². The molecule has 0 fully saturated rings. The Hall–Kier alpha value is -2.10. The molecule has 0 bridgehead atoms. The lowest BCUT2D eigenvalue weighted by Crippen LogP contribution is -2.40. The monoisotopic (exact) mass is 440 g/mol. The number of nitrogens with one attached hydrogen (secondary N) is 3. The summed E-state index contributed by atoms with van der Waals surface area (Å²) < 4.78 is 1.59. The van der Waals surface area contributed by atoms with Crippen LogP contribution in [0.1, 0.15) is 12.0 Å². The number of nitrogens with zero attached hydrogens (tertiary/aromatic N) is 3. The van der Waals surface area contributed by atoms with Crippen molar-refractivity contribution in [2.75, 3.05) is 18.4 Å². The Morgan fingerprint density at radius 1 is 1.33 bits per heavy atom. The molecule has 0 unspecified atom stereocenters. The molecule has 128 valence electrons. The van der Waals surface area contributed by atoms with Crippen LogP contribution in [-0.4, -0.2) is 34.7 Å². The van der Waals surface area contributed by atoms with Crippen molar-refractivity contribution in [3.63, 3.8) is 0 Å². The van der Waals surface area contributed by atoms with Crippen molar-refractivity contribution >= 4 is 41.5 Å². The number of hydrogen-bond donors (Lipinski definition) is 3. The van der Waals surface area contributed by atoms with E-state index in [9.17, 15) is 4.79 Å². The van der Waals surface area contributed by atoms with Crippen LogP contribution >= 0.6 is 24.0 Å². The highest BCUT2D eigenvalue weighted by Crippen LogP contribution is 2.10. The van der Waals surface area contributed by atoms with Crippen LogP contribution in [0.5, 0.6) is 0 Å². The van der Waals surface area contributed by atoms with Crippen LogP contribution in [0.25, 0.3) is 0 Å². The standard InChI is InChI=1S/C16H20N6O.HI/c23-15(12-22-9-3-8-20-22)21-14-5-1-4-13(10-14)11-19-16-17-6-2-7-18-16;/h1,3-5,8-10H,2,6-7,11-12H2,(H,21,23)(H2,17,18,19);1H. The highest BCUT2D eigenvalue weighted by atomic mass is 127. The molecule has 2 aromatic rings. The van der Waals surface area contributed by atoms with Crippen molar-refractivity contribution in [2.24, 2.45) is 4.99 Å². The SMILES string of the molecule is I.O=C(Cn1cccn1)Nc1cccc(CNC2=NCCCN2)c1. The van der Waals surface area contributed by atoms with Crippen LogP contribution in [0.3, 0.4) is 0 Å². The van der Waals surface area contributed by atoms with Crippen LogP contribution in [-0.2, 0) is 17.9 Å². The van der Waals surface area contributed by atoms with Crippen molar-refractivity contribution in [1.82, 2.24) is 20.4 Å². The Balaban J connectivity index is 0.00000208. The fraction of sp³-hybridized carbons (Fsp3) is 0.312. The predicted octanol–water partition coefficient (Wildman–Crippen LogP) is 1.58. The number of amides is 1. The van der Waals surface area contributed by atoms with E-state index >= 15 is 0 Å². The molecule has 2 heterocycles. The second-order valence-electron chi connectivity index (χ2n) is 5.32. The number of halogens is 1. The van der Waals surface area contributed by atoms with Crippen LogP contribution in [0.4, 0.5) is 5.69 Å². The minimum absolute atomic E-state index is 0. The van der Waals surface area contributed by atoms with Gasteiger partial charge in [0.05, 0.1) is 0 Å². The van der Waals surface area contributed by atoms with E-state index < -0.39 is 0 Å². The van der Waals surface area contributed by atoms with E-state index in [0.717, 1.165) is 36.7 Å². The lowest BCUT2D eigenvalue weighted by molar-refractivity contribution is -0.116. The van der Waals surface area contributed by atoms with E-state index in [4.69, 9.17) is 0 Å². The minimum atomic E-state index is -0.0999. The number of hydrogen-bond acceptors (Lipinski definition) is 5. The minimum Gasteiger partial charge on any atom is -0.356 e. The molecule has 3 rings (SSSR count). The first kappa shape index (κ1) is 18.2. The normalized spacial score (nSPS) is 13.2. The zero-order valence-electron chi connectivity index (χ0n) is 13.2. The number of aliphatic imine (C=N–C) groups is 1. The molecular weight excluding hydrogens is 419 g/mol. The Labute approximate surface area is 157 Å². The molecule has 1 aromatic carbocycles. The van der Waals surface area contributed by atoms with Gasteiger partial charge in [-0.1, -0.05) is 12.1 Å². The van der Waals surface area contributed by atoms with Crippen LogP contribution in [0.2, 0.25) is 0 Å². The van der Waals surface area contributed by atoms with Gasteiger partial charge in [0, 0.05) is 37.7 Å². The lowest BCUT2D eigenvalue weighted by Gasteiger charge is -2.16. The largest absolute Gasteiger partial charge is 0.356 e. The van der Waals surface area contributed by atoms with Gasteiger partial charge in [0.2, 0.25) is 5.91 Å². The van der Waals surface area contributed by atoms with Crippen molar-refractivity contribution in [3.05, 3.63) is 48.3 Å². The smallest absolute Gasteiger partial charge is 0.246 e. The van der Waals surface area contributed by atoms with Crippen molar-refractivity contribution in [2.45, 2.75) is 19.5 Å². The summed E-state index contributed by atoms with van der Waals surface area (Å²) >= 11 is 0. The molecule has 1 aromatic heterocycles. The number of guanidine groups is 1. The summed E-state index contributed by atoms with van der Waals surface area (Å²) in [7, 11) is 0. The third-order valence-electron chi connectivity index (χ3n) is 3.43. The topological polar surface area (TPSA) is 83.3 Å². The first-order valence-corrected chi connectivity index (χ1v) is 7.68. The molecule has 1 amide bonds. The molecule has 24 heavy (non-hydrogen) atoms. The van der Waals surface area contributed by atoms with Crippen LogP contribution in [0, 0.1) is 0 Å². The molecule has 0 atom stereocenters. The molecule has 1 aliphatic heterocycles. The quantitative estimate of drug-likeness (QED) is 0.617. The van der Waals surface area contributed by atoms with E-state index in [1.54, 1.807) is 23.1 Å². The fourth-order valence-electron chi connectivity index (χ4n) is 2.34. The molecular formula is C16H21IN6O. The number of carbonyl (C=O) groups is 1. The zero-order valence-corrected chi connectivity index (χ0v) is 15.6. The van der Waals surface area contributed by atoms with E-state index in [0.29, 0.717) is 6.54 Å². The van der Waals surface area contributed by atoms with Gasteiger partial charge in [0.15, 0.2) is 5.96 Å². The van der Waals surface area contributed by atoms with Gasteiger partial charge in [-0.2, -0.15) is 5.10 Å². The summed E-state index contributed by atoms with van der Waals surface area (Å²) in [6.45, 7) is 2.68. The molecule has 0 radical (unpaired) electrons. The summed E-state index contributed by atoms with van der Waals surface area (Å²) in [6, 6.07) is 9.57. The summed E-state index contributed by atoms with van der Waals surface area (Å²) in [5.74, 6) is 0.738. The highest BCUT2D eigenvalue weighted by Gasteiger charge is 2.06. The third-order valence-corrected chi connectivity index (χ3v) is 3.43. The maximum Gasteiger partial charge on any atom is 0.246 e. The van der Waals surface area contributed by atoms with Gasteiger partial charge in [-0.05, 0) is 30.2 Å². The second-order valence-corrected chi connectivity index (χ2v) is 5.32. The zero-order chi connectivity index (χ0) is 15.9. The number of rotatable bonds is 5. The van der Waals surface area contributed by atoms with Gasteiger partial charge < -0.3 is 16.0 Å². The fourth-order valence-corrected chi connectivity index (χ4v) is 2.34. The average molecular weight is 440 g/mol. The predicted molar refractivity (Wildman–Crippen MR) is 104 cm³/mol. The summed E-state index contributed by atoms with van der Waals surface area (Å²) in [5, 5.41) is 13.4. The van der Waals surface area contributed by atoms with Gasteiger partial charge in [-0.3, -0.25) is 14.5 Å². The van der Waals surface area contributed by atoms with Crippen molar-refractivity contribution in [3.8, 4) is 0 Å². The number of aromatic nitrogens is 2. The van der Waals surface area contributed by atoms with E-state index in [1.165, 1.54) is 0 Å². The molecule has 0 saturated heterocycles. The first-order valence-electron chi connectivity index (χ1n) is 7.68. The summed E-state index contributed by atoms with van der Waals surface area (Å²) in [5.41, 5.74) is 1.86. The van der Waals surface area contributed by atoms with Gasteiger partial charge in [0.25, 0.3) is 0 Å².